The van der Waals surface area contributed by atoms with E-state index < -0.39 is 23.9 Å². The van der Waals surface area contributed by atoms with E-state index in [1.807, 2.05) is 0 Å². The van der Waals surface area contributed by atoms with Gasteiger partial charge in [-0.2, -0.15) is 10.2 Å². The SMILES string of the molecule is CCOC(=O)c1cnn(C)c1NC(=O)C(C)n1ccc(C(=O)O)n1. The number of rotatable bonds is 6. The second kappa shape index (κ2) is 6.94. The summed E-state index contributed by atoms with van der Waals surface area (Å²) in [5, 5.41) is 19.2. The van der Waals surface area contributed by atoms with Gasteiger partial charge in [0.1, 0.15) is 17.4 Å². The van der Waals surface area contributed by atoms with Crippen molar-refractivity contribution in [2.45, 2.75) is 19.9 Å². The maximum Gasteiger partial charge on any atom is 0.356 e. The zero-order chi connectivity index (χ0) is 17.9. The van der Waals surface area contributed by atoms with Crippen LogP contribution in [-0.4, -0.2) is 49.1 Å². The lowest BCUT2D eigenvalue weighted by atomic mass is 10.3. The van der Waals surface area contributed by atoms with Crippen LogP contribution >= 0.6 is 0 Å². The standard InChI is InChI=1S/C14H17N5O5/c1-4-24-14(23)9-7-15-18(3)11(9)16-12(20)8(2)19-6-5-10(17-19)13(21)22/h5-8H,4H2,1-3H3,(H,16,20)(H,21,22). The lowest BCUT2D eigenvalue weighted by Gasteiger charge is -2.13. The Balaban J connectivity index is 2.18. The van der Waals surface area contributed by atoms with Crippen LogP contribution in [0.3, 0.4) is 0 Å². The first-order valence-electron chi connectivity index (χ1n) is 7.13. The van der Waals surface area contributed by atoms with Gasteiger partial charge in [-0.25, -0.2) is 9.59 Å². The fourth-order valence-electron chi connectivity index (χ4n) is 1.95. The average Bonchev–Trinajstić information content (AvgIpc) is 3.15. The Labute approximate surface area is 137 Å². The maximum atomic E-state index is 12.4. The van der Waals surface area contributed by atoms with Crippen molar-refractivity contribution in [1.29, 1.82) is 0 Å². The van der Waals surface area contributed by atoms with Crippen LogP contribution in [0.1, 0.15) is 40.7 Å². The van der Waals surface area contributed by atoms with Crippen LogP contribution in [0.15, 0.2) is 18.5 Å². The molecule has 0 aliphatic carbocycles. The number of carbonyl (C=O) groups excluding carboxylic acids is 2. The summed E-state index contributed by atoms with van der Waals surface area (Å²) in [6.07, 6.45) is 2.69. The highest BCUT2D eigenvalue weighted by molar-refractivity contribution is 6.01. The second-order valence-electron chi connectivity index (χ2n) is 4.90. The molecular formula is C14H17N5O5. The number of aryl methyl sites for hydroxylation is 1. The Hall–Kier alpha value is -3.17. The molecule has 10 nitrogen and oxygen atoms in total. The van der Waals surface area contributed by atoms with Crippen LogP contribution < -0.4 is 5.32 Å². The second-order valence-corrected chi connectivity index (χ2v) is 4.90. The van der Waals surface area contributed by atoms with Crippen molar-refractivity contribution >= 4 is 23.7 Å². The van der Waals surface area contributed by atoms with Gasteiger partial charge in [0, 0.05) is 13.2 Å². The molecule has 1 atom stereocenters. The molecule has 0 aliphatic heterocycles. The predicted molar refractivity (Wildman–Crippen MR) is 81.7 cm³/mol. The van der Waals surface area contributed by atoms with E-state index in [9.17, 15) is 14.4 Å². The van der Waals surface area contributed by atoms with E-state index in [1.165, 1.54) is 27.8 Å². The normalized spacial score (nSPS) is 11.8. The molecule has 0 saturated carbocycles. The molecule has 2 aromatic rings. The van der Waals surface area contributed by atoms with Crippen LogP contribution in [0.25, 0.3) is 0 Å². The average molecular weight is 335 g/mol. The Morgan fingerprint density at radius 1 is 1.42 bits per heavy atom. The summed E-state index contributed by atoms with van der Waals surface area (Å²) in [4.78, 5) is 35.1. The Kier molecular flexibility index (Phi) is 4.97. The first-order valence-corrected chi connectivity index (χ1v) is 7.13. The summed E-state index contributed by atoms with van der Waals surface area (Å²) in [5.41, 5.74) is -0.0333. The summed E-state index contributed by atoms with van der Waals surface area (Å²) < 4.78 is 7.47. The van der Waals surface area contributed by atoms with Gasteiger partial charge in [0.25, 0.3) is 0 Å². The molecule has 128 valence electrons. The summed E-state index contributed by atoms with van der Waals surface area (Å²) in [5.74, 6) is -2.07. The van der Waals surface area contributed by atoms with Crippen LogP contribution in [-0.2, 0) is 16.6 Å². The van der Waals surface area contributed by atoms with Gasteiger partial charge in [0.2, 0.25) is 5.91 Å². The molecule has 0 bridgehead atoms. The van der Waals surface area contributed by atoms with Crippen molar-refractivity contribution in [3.63, 3.8) is 0 Å². The van der Waals surface area contributed by atoms with Crippen molar-refractivity contribution in [3.05, 3.63) is 29.7 Å². The van der Waals surface area contributed by atoms with Gasteiger partial charge in [-0.15, -0.1) is 0 Å². The van der Waals surface area contributed by atoms with E-state index in [4.69, 9.17) is 9.84 Å². The summed E-state index contributed by atoms with van der Waals surface area (Å²) >= 11 is 0. The third-order valence-corrected chi connectivity index (χ3v) is 3.28. The largest absolute Gasteiger partial charge is 0.476 e. The van der Waals surface area contributed by atoms with Crippen molar-refractivity contribution in [2.75, 3.05) is 11.9 Å². The third-order valence-electron chi connectivity index (χ3n) is 3.28. The monoisotopic (exact) mass is 335 g/mol. The molecule has 2 aromatic heterocycles. The molecule has 2 N–H and O–H groups in total. The number of aromatic nitrogens is 4. The van der Waals surface area contributed by atoms with Crippen LogP contribution in [0.5, 0.6) is 0 Å². The molecule has 0 aromatic carbocycles. The fraction of sp³-hybridized carbons (Fsp3) is 0.357. The Morgan fingerprint density at radius 2 is 2.12 bits per heavy atom. The number of carboxylic acids is 1. The van der Waals surface area contributed by atoms with Crippen molar-refractivity contribution in [3.8, 4) is 0 Å². The van der Waals surface area contributed by atoms with Crippen LogP contribution in [0, 0.1) is 0 Å². The molecule has 10 heteroatoms. The highest BCUT2D eigenvalue weighted by Gasteiger charge is 2.23. The first kappa shape index (κ1) is 17.2. The topological polar surface area (TPSA) is 128 Å². The lowest BCUT2D eigenvalue weighted by Crippen LogP contribution is -2.26. The van der Waals surface area contributed by atoms with Gasteiger partial charge in [0.15, 0.2) is 5.69 Å². The molecule has 0 aliphatic rings. The molecule has 0 radical (unpaired) electrons. The summed E-state index contributed by atoms with van der Waals surface area (Å²) in [7, 11) is 1.57. The minimum absolute atomic E-state index is 0.131. The van der Waals surface area contributed by atoms with Gasteiger partial charge in [-0.3, -0.25) is 14.2 Å². The molecular weight excluding hydrogens is 318 g/mol. The Morgan fingerprint density at radius 3 is 2.71 bits per heavy atom. The minimum atomic E-state index is -1.18. The zero-order valence-corrected chi connectivity index (χ0v) is 13.4. The lowest BCUT2D eigenvalue weighted by molar-refractivity contribution is -0.119. The van der Waals surface area contributed by atoms with Crippen LogP contribution in [0.4, 0.5) is 5.82 Å². The van der Waals surface area contributed by atoms with Crippen molar-refractivity contribution in [2.24, 2.45) is 7.05 Å². The quantitative estimate of drug-likeness (QED) is 0.743. The number of amides is 1. The van der Waals surface area contributed by atoms with Gasteiger partial charge in [0.05, 0.1) is 12.8 Å². The minimum Gasteiger partial charge on any atom is -0.476 e. The van der Waals surface area contributed by atoms with Crippen molar-refractivity contribution in [1.82, 2.24) is 19.6 Å². The smallest absolute Gasteiger partial charge is 0.356 e. The molecule has 0 fully saturated rings. The highest BCUT2D eigenvalue weighted by atomic mass is 16.5. The molecule has 24 heavy (non-hydrogen) atoms. The number of aromatic carboxylic acids is 1. The third kappa shape index (κ3) is 3.42. The number of nitrogens with zero attached hydrogens (tertiary/aromatic N) is 4. The zero-order valence-electron chi connectivity index (χ0n) is 13.4. The number of ether oxygens (including phenoxy) is 1. The van der Waals surface area contributed by atoms with E-state index in [-0.39, 0.29) is 23.7 Å². The molecule has 2 heterocycles. The first-order chi connectivity index (χ1) is 11.3. The number of carboxylic acid groups (broad SMARTS) is 1. The van der Waals surface area contributed by atoms with Gasteiger partial charge in [-0.05, 0) is 19.9 Å². The molecule has 2 rings (SSSR count). The van der Waals surface area contributed by atoms with E-state index in [0.29, 0.717) is 0 Å². The molecule has 0 saturated heterocycles. The van der Waals surface area contributed by atoms with Crippen LogP contribution in [0.2, 0.25) is 0 Å². The molecule has 0 spiro atoms. The van der Waals surface area contributed by atoms with E-state index in [1.54, 1.807) is 20.9 Å². The maximum absolute atomic E-state index is 12.4. The number of carbonyl (C=O) groups is 3. The Bertz CT molecular complexity index is 778. The highest BCUT2D eigenvalue weighted by Crippen LogP contribution is 2.17. The predicted octanol–water partition coefficient (Wildman–Crippen LogP) is 0.691. The number of hydrogen-bond acceptors (Lipinski definition) is 6. The van der Waals surface area contributed by atoms with Gasteiger partial charge >= 0.3 is 11.9 Å². The molecule has 1 amide bonds. The van der Waals surface area contributed by atoms with Gasteiger partial charge < -0.3 is 15.2 Å². The van der Waals surface area contributed by atoms with Crippen molar-refractivity contribution < 1.29 is 24.2 Å². The molecule has 1 unspecified atom stereocenters. The number of esters is 1. The van der Waals surface area contributed by atoms with E-state index in [2.05, 4.69) is 15.5 Å². The number of hydrogen-bond donors (Lipinski definition) is 2. The summed E-state index contributed by atoms with van der Waals surface area (Å²) in [6, 6.07) is 0.503. The number of anilines is 1. The van der Waals surface area contributed by atoms with Gasteiger partial charge in [-0.1, -0.05) is 0 Å². The van der Waals surface area contributed by atoms with E-state index >= 15 is 0 Å². The fourth-order valence-corrected chi connectivity index (χ4v) is 1.95. The van der Waals surface area contributed by atoms with E-state index in [0.717, 1.165) is 0 Å². The summed E-state index contributed by atoms with van der Waals surface area (Å²) in [6.45, 7) is 3.42. The number of nitrogens with one attached hydrogen (secondary N) is 1.